The Bertz CT molecular complexity index is 2210. The number of nitrogens with zero attached hydrogens (tertiary/aromatic N) is 2. The van der Waals surface area contributed by atoms with Gasteiger partial charge >= 0.3 is 11.9 Å². The van der Waals surface area contributed by atoms with Crippen molar-refractivity contribution in [1.82, 2.24) is 0 Å². The molecule has 8 nitrogen and oxygen atoms in total. The molecule has 5 aromatic carbocycles. The summed E-state index contributed by atoms with van der Waals surface area (Å²) in [4.78, 5) is 34.7. The molecule has 0 atom stereocenters. The van der Waals surface area contributed by atoms with Crippen molar-refractivity contribution in [3.63, 3.8) is 0 Å². The van der Waals surface area contributed by atoms with Gasteiger partial charge in [-0.25, -0.2) is 22.8 Å². The summed E-state index contributed by atoms with van der Waals surface area (Å²) in [6, 6.07) is 25.0. The highest BCUT2D eigenvalue weighted by Crippen LogP contribution is 2.27. The average Bonchev–Trinajstić information content (AvgIpc) is 3.34. The number of carbonyl (C=O) groups excluding carboxylic acids is 2. The van der Waals surface area contributed by atoms with E-state index in [0.29, 0.717) is 35.7 Å². The average molecular weight is 947 g/mol. The first-order valence-corrected chi connectivity index (χ1v) is 25.1. The molecular formula is C58H69F3N2O6. The quantitative estimate of drug-likeness (QED) is 0.0184. The van der Waals surface area contributed by atoms with E-state index < -0.39 is 29.4 Å². The lowest BCUT2D eigenvalue weighted by Gasteiger charge is -2.09. The largest absolute Gasteiger partial charge is 0.491 e. The van der Waals surface area contributed by atoms with Crippen LogP contribution in [0.2, 0.25) is 0 Å². The molecule has 5 aromatic rings. The molecule has 368 valence electrons. The van der Waals surface area contributed by atoms with Crippen LogP contribution in [0.15, 0.2) is 113 Å². The van der Waals surface area contributed by atoms with Gasteiger partial charge in [0.25, 0.3) is 0 Å². The zero-order chi connectivity index (χ0) is 48.9. The zero-order valence-corrected chi connectivity index (χ0v) is 40.5. The van der Waals surface area contributed by atoms with Crippen LogP contribution in [-0.4, -0.2) is 37.6 Å². The number of carbonyl (C=O) groups is 2. The van der Waals surface area contributed by atoms with Crippen LogP contribution in [0.25, 0.3) is 0 Å². The first-order valence-electron chi connectivity index (χ1n) is 25.1. The maximum atomic E-state index is 14.7. The summed E-state index contributed by atoms with van der Waals surface area (Å²) in [7, 11) is 0. The molecule has 5 rings (SSSR count). The second-order valence-corrected chi connectivity index (χ2v) is 17.5. The van der Waals surface area contributed by atoms with Crippen LogP contribution in [0.5, 0.6) is 23.0 Å². The van der Waals surface area contributed by atoms with Crippen molar-refractivity contribution in [3.05, 3.63) is 143 Å². The second-order valence-electron chi connectivity index (χ2n) is 17.5. The van der Waals surface area contributed by atoms with Gasteiger partial charge in [0.05, 0.1) is 35.7 Å². The Hall–Kier alpha value is -6.23. The Morgan fingerprint density at radius 3 is 1.13 bits per heavy atom. The third kappa shape index (κ3) is 20.5. The van der Waals surface area contributed by atoms with Gasteiger partial charge in [0, 0.05) is 42.8 Å². The topological polar surface area (TPSA) is 95.8 Å². The summed E-state index contributed by atoms with van der Waals surface area (Å²) in [5, 5.41) is 0. The molecule has 0 aliphatic carbocycles. The molecule has 0 bridgehead atoms. The van der Waals surface area contributed by atoms with Crippen molar-refractivity contribution >= 4 is 35.7 Å². The number of halogens is 3. The van der Waals surface area contributed by atoms with Crippen LogP contribution < -0.4 is 18.9 Å². The number of hydrogen-bond acceptors (Lipinski definition) is 8. The summed E-state index contributed by atoms with van der Waals surface area (Å²) in [6.45, 7) is 5.39. The molecule has 0 N–H and O–H groups in total. The normalized spacial score (nSPS) is 11.4. The molecule has 69 heavy (non-hydrogen) atoms. The van der Waals surface area contributed by atoms with E-state index in [2.05, 4.69) is 23.8 Å². The van der Waals surface area contributed by atoms with Crippen LogP contribution in [-0.2, 0) is 0 Å². The molecular weight excluding hydrogens is 878 g/mol. The molecule has 0 saturated heterocycles. The summed E-state index contributed by atoms with van der Waals surface area (Å²) >= 11 is 0. The Morgan fingerprint density at radius 1 is 0.435 bits per heavy atom. The van der Waals surface area contributed by atoms with Gasteiger partial charge in [-0.15, -0.1) is 0 Å². The highest BCUT2D eigenvalue weighted by molar-refractivity contribution is 5.93. The van der Waals surface area contributed by atoms with Crippen molar-refractivity contribution < 1.29 is 41.7 Å². The number of benzene rings is 5. The van der Waals surface area contributed by atoms with E-state index in [1.807, 2.05) is 0 Å². The van der Waals surface area contributed by atoms with Crippen molar-refractivity contribution in [3.8, 4) is 23.0 Å². The maximum absolute atomic E-state index is 14.7. The molecule has 0 heterocycles. The lowest BCUT2D eigenvalue weighted by atomic mass is 10.1. The fourth-order valence-electron chi connectivity index (χ4n) is 7.61. The minimum absolute atomic E-state index is 0.164. The predicted octanol–water partition coefficient (Wildman–Crippen LogP) is 16.6. The third-order valence-corrected chi connectivity index (χ3v) is 11.6. The van der Waals surface area contributed by atoms with Gasteiger partial charge in [0.2, 0.25) is 0 Å². The Morgan fingerprint density at radius 2 is 0.783 bits per heavy atom. The summed E-state index contributed by atoms with van der Waals surface area (Å²) in [5.74, 6) is -3.21. The zero-order valence-electron chi connectivity index (χ0n) is 40.5. The van der Waals surface area contributed by atoms with Crippen molar-refractivity contribution in [2.24, 2.45) is 9.98 Å². The lowest BCUT2D eigenvalue weighted by Crippen LogP contribution is -2.11. The van der Waals surface area contributed by atoms with E-state index in [1.54, 1.807) is 61.0 Å². The first-order chi connectivity index (χ1) is 33.7. The molecule has 0 aliphatic rings. The lowest BCUT2D eigenvalue weighted by molar-refractivity contribution is 0.0732. The van der Waals surface area contributed by atoms with Gasteiger partial charge in [0.15, 0.2) is 23.1 Å². The van der Waals surface area contributed by atoms with E-state index in [9.17, 15) is 22.8 Å². The minimum atomic E-state index is -0.781. The van der Waals surface area contributed by atoms with E-state index in [0.717, 1.165) is 37.8 Å². The number of hydrogen-bond donors (Lipinski definition) is 0. The Kier molecular flexibility index (Phi) is 24.1. The molecule has 0 amide bonds. The number of esters is 2. The monoisotopic (exact) mass is 947 g/mol. The molecule has 0 aromatic heterocycles. The van der Waals surface area contributed by atoms with Crippen LogP contribution in [0.1, 0.15) is 174 Å². The van der Waals surface area contributed by atoms with E-state index in [-0.39, 0.29) is 34.1 Å². The summed E-state index contributed by atoms with van der Waals surface area (Å²) in [6.07, 6.45) is 27.4. The number of rotatable bonds is 32. The van der Waals surface area contributed by atoms with E-state index in [4.69, 9.17) is 18.9 Å². The van der Waals surface area contributed by atoms with Gasteiger partial charge in [-0.05, 0) is 72.5 Å². The molecule has 0 radical (unpaired) electrons. The second kappa shape index (κ2) is 31.0. The van der Waals surface area contributed by atoms with Gasteiger partial charge in [-0.2, -0.15) is 0 Å². The van der Waals surface area contributed by atoms with Gasteiger partial charge in [-0.1, -0.05) is 154 Å². The smallest absolute Gasteiger partial charge is 0.343 e. The third-order valence-electron chi connectivity index (χ3n) is 11.6. The molecule has 11 heteroatoms. The number of unbranched alkanes of at least 4 members (excludes halogenated alkanes) is 18. The van der Waals surface area contributed by atoms with Crippen LogP contribution in [0, 0.1) is 17.5 Å². The van der Waals surface area contributed by atoms with Crippen molar-refractivity contribution in [1.29, 1.82) is 0 Å². The number of aliphatic imine (C=N–C) groups is 2. The first kappa shape index (κ1) is 53.7. The fourth-order valence-corrected chi connectivity index (χ4v) is 7.61. The van der Waals surface area contributed by atoms with Crippen molar-refractivity contribution in [2.75, 3.05) is 13.2 Å². The molecule has 0 unspecified atom stereocenters. The molecule has 0 saturated carbocycles. The van der Waals surface area contributed by atoms with Gasteiger partial charge in [-0.3, -0.25) is 9.98 Å². The standard InChI is InChI=1S/C58H69F3N2O6/c1-3-5-7-9-11-13-15-17-19-21-35-66-55-33-31-49(39-53(55)60)62-42-44-23-27-46(28-24-44)57(64)68-51-37-48(59)38-52(41-51)69-58(65)47-29-25-45(26-30-47)43-63-50-32-34-56(54(61)40-50)67-36-22-20-18-16-14-12-10-8-6-4-2/h23-34,37-43H,3-22,35-36H2,1-2H3. The molecule has 0 spiro atoms. The summed E-state index contributed by atoms with van der Waals surface area (Å²) in [5.41, 5.74) is 2.47. The van der Waals surface area contributed by atoms with E-state index >= 15 is 0 Å². The maximum Gasteiger partial charge on any atom is 0.343 e. The predicted molar refractivity (Wildman–Crippen MR) is 271 cm³/mol. The minimum Gasteiger partial charge on any atom is -0.491 e. The summed E-state index contributed by atoms with van der Waals surface area (Å²) < 4.78 is 66.3. The Labute approximate surface area is 407 Å². The number of ether oxygens (including phenoxy) is 4. The van der Waals surface area contributed by atoms with Gasteiger partial charge in [0.1, 0.15) is 17.3 Å². The van der Waals surface area contributed by atoms with E-state index in [1.165, 1.54) is 145 Å². The van der Waals surface area contributed by atoms with Crippen LogP contribution in [0.4, 0.5) is 24.5 Å². The van der Waals surface area contributed by atoms with Crippen molar-refractivity contribution in [2.45, 2.75) is 142 Å². The Balaban J connectivity index is 1.02. The van der Waals surface area contributed by atoms with Crippen LogP contribution >= 0.6 is 0 Å². The SMILES string of the molecule is CCCCCCCCCCCCOc1ccc(N=Cc2ccc(C(=O)Oc3cc(F)cc(OC(=O)c4ccc(C=Nc5ccc(OCCCCCCCCCCCC)c(F)c5)cc4)c3)cc2)cc1F. The molecule has 0 aliphatic heterocycles. The highest BCUT2D eigenvalue weighted by Gasteiger charge is 2.15. The molecule has 0 fully saturated rings. The fraction of sp³-hybridized carbons (Fsp3) is 0.414. The van der Waals surface area contributed by atoms with Crippen LogP contribution in [0.3, 0.4) is 0 Å². The highest BCUT2D eigenvalue weighted by atomic mass is 19.1. The van der Waals surface area contributed by atoms with Gasteiger partial charge < -0.3 is 18.9 Å².